The predicted molar refractivity (Wildman–Crippen MR) is 107 cm³/mol. The lowest BCUT2D eigenvalue weighted by Gasteiger charge is -2.19. The van der Waals surface area contributed by atoms with Gasteiger partial charge in [0.1, 0.15) is 16.7 Å². The van der Waals surface area contributed by atoms with E-state index < -0.39 is 11.9 Å². The molecule has 1 aromatic carbocycles. The number of carbonyl (C=O) groups is 1. The first-order valence-electron chi connectivity index (χ1n) is 8.00. The number of amides is 1. The van der Waals surface area contributed by atoms with Crippen LogP contribution in [-0.4, -0.2) is 15.5 Å². The maximum absolute atomic E-state index is 13.3. The van der Waals surface area contributed by atoms with Gasteiger partial charge in [-0.05, 0) is 24.6 Å². The van der Waals surface area contributed by atoms with Crippen LogP contribution in [0.2, 0.25) is 10.0 Å². The fraction of sp³-hybridized carbons (Fsp3) is 0.278. The lowest BCUT2D eigenvalue weighted by Crippen LogP contribution is -2.35. The molecule has 3 aromatic rings. The first-order valence-corrected chi connectivity index (χ1v) is 9.64. The number of hydrogen-bond donors (Lipinski definition) is 1. The van der Waals surface area contributed by atoms with E-state index >= 15 is 0 Å². The molecular weight excluding hydrogens is 393 g/mol. The third-order valence-corrected chi connectivity index (χ3v) is 5.82. The molecule has 0 aliphatic rings. The quantitative estimate of drug-likeness (QED) is 0.683. The van der Waals surface area contributed by atoms with E-state index in [-0.39, 0.29) is 11.5 Å². The van der Waals surface area contributed by atoms with E-state index in [1.54, 1.807) is 25.1 Å². The highest BCUT2D eigenvalue weighted by Crippen LogP contribution is 2.35. The standard InChI is InChI=1S/C18H17Cl2N3O2S/c1-8(2)16-22-17-14(18(25)23(16)9(3)15(21)24)11(7-26-17)10-4-5-12(19)13(20)6-10/h4-9H,1-3H3,(H2,21,24). The molecule has 8 heteroatoms. The fourth-order valence-corrected chi connectivity index (χ4v) is 4.05. The molecule has 1 atom stereocenters. The summed E-state index contributed by atoms with van der Waals surface area (Å²) in [5, 5.41) is 3.16. The van der Waals surface area contributed by atoms with E-state index in [0.29, 0.717) is 31.6 Å². The summed E-state index contributed by atoms with van der Waals surface area (Å²) in [5.74, 6) is -0.0813. The molecule has 1 amide bonds. The molecular formula is C18H17Cl2N3O2S. The molecule has 26 heavy (non-hydrogen) atoms. The zero-order valence-corrected chi connectivity index (χ0v) is 16.7. The molecule has 1 unspecified atom stereocenters. The first-order chi connectivity index (χ1) is 12.2. The van der Waals surface area contributed by atoms with Gasteiger partial charge in [-0.3, -0.25) is 14.2 Å². The smallest absolute Gasteiger partial charge is 0.263 e. The minimum atomic E-state index is -0.793. The number of carbonyl (C=O) groups excluding carboxylic acids is 1. The minimum absolute atomic E-state index is 0.0376. The van der Waals surface area contributed by atoms with Gasteiger partial charge in [-0.25, -0.2) is 4.98 Å². The summed E-state index contributed by atoms with van der Waals surface area (Å²) in [6, 6.07) is 4.40. The maximum Gasteiger partial charge on any atom is 0.263 e. The highest BCUT2D eigenvalue weighted by atomic mass is 35.5. The molecule has 0 radical (unpaired) electrons. The number of rotatable bonds is 4. The van der Waals surface area contributed by atoms with E-state index in [4.69, 9.17) is 28.9 Å². The van der Waals surface area contributed by atoms with Gasteiger partial charge in [0.05, 0.1) is 15.4 Å². The van der Waals surface area contributed by atoms with Crippen LogP contribution in [0.4, 0.5) is 0 Å². The van der Waals surface area contributed by atoms with E-state index in [1.807, 2.05) is 19.2 Å². The number of halogens is 2. The number of primary amides is 1. The summed E-state index contributed by atoms with van der Waals surface area (Å²) in [6.07, 6.45) is 0. The van der Waals surface area contributed by atoms with Crippen LogP contribution < -0.4 is 11.3 Å². The Hall–Kier alpha value is -1.89. The number of fused-ring (bicyclic) bond motifs is 1. The molecule has 0 saturated carbocycles. The average molecular weight is 410 g/mol. The third kappa shape index (κ3) is 3.13. The Kier molecular flexibility index (Phi) is 5.10. The summed E-state index contributed by atoms with van der Waals surface area (Å²) >= 11 is 13.5. The average Bonchev–Trinajstić information content (AvgIpc) is 3.00. The van der Waals surface area contributed by atoms with Gasteiger partial charge in [0.25, 0.3) is 5.56 Å². The van der Waals surface area contributed by atoms with Crippen molar-refractivity contribution in [3.8, 4) is 11.1 Å². The summed E-state index contributed by atoms with van der Waals surface area (Å²) in [7, 11) is 0. The number of hydrogen-bond acceptors (Lipinski definition) is 4. The van der Waals surface area contributed by atoms with Crippen molar-refractivity contribution in [2.24, 2.45) is 5.73 Å². The SMILES string of the molecule is CC(C)c1nc2scc(-c3ccc(Cl)c(Cl)c3)c2c(=O)n1C(C)C(N)=O. The molecule has 136 valence electrons. The van der Waals surface area contributed by atoms with Crippen molar-refractivity contribution < 1.29 is 4.79 Å². The number of benzene rings is 1. The van der Waals surface area contributed by atoms with Gasteiger partial charge in [-0.15, -0.1) is 11.3 Å². The molecule has 0 bridgehead atoms. The van der Waals surface area contributed by atoms with Crippen molar-refractivity contribution in [2.45, 2.75) is 32.7 Å². The summed E-state index contributed by atoms with van der Waals surface area (Å²) in [6.45, 7) is 5.45. The van der Waals surface area contributed by atoms with Crippen LogP contribution in [-0.2, 0) is 4.79 Å². The van der Waals surface area contributed by atoms with Gasteiger partial charge in [-0.1, -0.05) is 43.1 Å². The zero-order valence-electron chi connectivity index (χ0n) is 14.4. The third-order valence-electron chi connectivity index (χ3n) is 4.21. The largest absolute Gasteiger partial charge is 0.368 e. The van der Waals surface area contributed by atoms with E-state index in [9.17, 15) is 9.59 Å². The number of thiophene rings is 1. The van der Waals surface area contributed by atoms with Crippen molar-refractivity contribution in [3.05, 3.63) is 49.8 Å². The highest BCUT2D eigenvalue weighted by molar-refractivity contribution is 7.17. The molecule has 2 heterocycles. The molecule has 0 spiro atoms. The molecule has 3 rings (SSSR count). The number of nitrogens with zero attached hydrogens (tertiary/aromatic N) is 2. The van der Waals surface area contributed by atoms with Crippen molar-refractivity contribution in [1.82, 2.24) is 9.55 Å². The summed E-state index contributed by atoms with van der Waals surface area (Å²) < 4.78 is 1.39. The lowest BCUT2D eigenvalue weighted by molar-refractivity contribution is -0.120. The Morgan fingerprint density at radius 1 is 1.23 bits per heavy atom. The van der Waals surface area contributed by atoms with Gasteiger partial charge in [0.2, 0.25) is 5.91 Å². The topological polar surface area (TPSA) is 78.0 Å². The Morgan fingerprint density at radius 2 is 1.92 bits per heavy atom. The van der Waals surface area contributed by atoms with Crippen molar-refractivity contribution in [2.75, 3.05) is 0 Å². The second-order valence-electron chi connectivity index (χ2n) is 6.34. The van der Waals surface area contributed by atoms with Gasteiger partial charge in [0, 0.05) is 16.9 Å². The van der Waals surface area contributed by atoms with E-state index in [0.717, 1.165) is 5.56 Å². The van der Waals surface area contributed by atoms with Crippen molar-refractivity contribution >= 4 is 50.7 Å². The second kappa shape index (κ2) is 7.02. The van der Waals surface area contributed by atoms with Crippen LogP contribution in [0.5, 0.6) is 0 Å². The zero-order chi connectivity index (χ0) is 19.2. The Balaban J connectivity index is 2.36. The lowest BCUT2D eigenvalue weighted by atomic mass is 10.1. The second-order valence-corrected chi connectivity index (χ2v) is 8.01. The monoisotopic (exact) mass is 409 g/mol. The Labute approximate surface area is 164 Å². The normalized spacial score (nSPS) is 12.7. The van der Waals surface area contributed by atoms with Gasteiger partial charge in [-0.2, -0.15) is 0 Å². The van der Waals surface area contributed by atoms with Crippen LogP contribution in [0.25, 0.3) is 21.3 Å². The molecule has 0 aliphatic heterocycles. The van der Waals surface area contributed by atoms with E-state index in [2.05, 4.69) is 4.98 Å². The highest BCUT2D eigenvalue weighted by Gasteiger charge is 2.24. The molecule has 2 N–H and O–H groups in total. The first kappa shape index (κ1) is 18.9. The summed E-state index contributed by atoms with van der Waals surface area (Å²) in [5.41, 5.74) is 6.64. The number of nitrogens with two attached hydrogens (primary N) is 1. The molecule has 0 fully saturated rings. The van der Waals surface area contributed by atoms with Crippen LogP contribution >= 0.6 is 34.5 Å². The van der Waals surface area contributed by atoms with Crippen LogP contribution in [0.15, 0.2) is 28.4 Å². The molecule has 5 nitrogen and oxygen atoms in total. The van der Waals surface area contributed by atoms with Crippen LogP contribution in [0, 0.1) is 0 Å². The van der Waals surface area contributed by atoms with Gasteiger partial charge in [0.15, 0.2) is 0 Å². The van der Waals surface area contributed by atoms with Crippen molar-refractivity contribution in [1.29, 1.82) is 0 Å². The summed E-state index contributed by atoms with van der Waals surface area (Å²) in [4.78, 5) is 30.3. The van der Waals surface area contributed by atoms with E-state index in [1.165, 1.54) is 15.9 Å². The molecule has 0 aliphatic carbocycles. The Morgan fingerprint density at radius 3 is 2.50 bits per heavy atom. The minimum Gasteiger partial charge on any atom is -0.368 e. The van der Waals surface area contributed by atoms with Crippen molar-refractivity contribution in [3.63, 3.8) is 0 Å². The molecule has 0 saturated heterocycles. The molecule has 2 aromatic heterocycles. The Bertz CT molecular complexity index is 1070. The maximum atomic E-state index is 13.3. The van der Waals surface area contributed by atoms with Gasteiger partial charge >= 0.3 is 0 Å². The number of aromatic nitrogens is 2. The fourth-order valence-electron chi connectivity index (χ4n) is 2.80. The van der Waals surface area contributed by atoms with Crippen LogP contribution in [0.1, 0.15) is 38.6 Å². The van der Waals surface area contributed by atoms with Gasteiger partial charge < -0.3 is 5.73 Å². The van der Waals surface area contributed by atoms with Crippen LogP contribution in [0.3, 0.4) is 0 Å². The predicted octanol–water partition coefficient (Wildman–Crippen LogP) is 4.60.